The van der Waals surface area contributed by atoms with E-state index in [-0.39, 0.29) is 10.8 Å². The van der Waals surface area contributed by atoms with Crippen molar-refractivity contribution in [1.82, 2.24) is 4.90 Å². The van der Waals surface area contributed by atoms with E-state index in [0.29, 0.717) is 18.8 Å². The van der Waals surface area contributed by atoms with Crippen molar-refractivity contribution in [2.75, 3.05) is 30.9 Å². The molecule has 1 aliphatic heterocycles. The van der Waals surface area contributed by atoms with Gasteiger partial charge in [0.2, 0.25) is 5.91 Å². The number of benzene rings is 3. The number of hydrogen-bond donors (Lipinski definition) is 0. The van der Waals surface area contributed by atoms with Crippen LogP contribution in [0.3, 0.4) is 0 Å². The molecule has 1 amide bonds. The van der Waals surface area contributed by atoms with Gasteiger partial charge in [-0.15, -0.1) is 0 Å². The van der Waals surface area contributed by atoms with Crippen LogP contribution >= 0.6 is 0 Å². The monoisotopic (exact) mass is 534 g/mol. The summed E-state index contributed by atoms with van der Waals surface area (Å²) in [4.78, 5) is 17.8. The van der Waals surface area contributed by atoms with Crippen LogP contribution in [0.5, 0.6) is 5.75 Å². The maximum absolute atomic E-state index is 13.5. The predicted octanol–water partition coefficient (Wildman–Crippen LogP) is 5.86. The summed E-state index contributed by atoms with van der Waals surface area (Å²) in [6.45, 7) is 2.66. The fraction of sp³-hybridized carbons (Fsp3) is 0.387. The molecular formula is C31H38N2O4S. The summed E-state index contributed by atoms with van der Waals surface area (Å²) in [6, 6.07) is 24.9. The number of carbonyl (C=O) groups is 1. The summed E-state index contributed by atoms with van der Waals surface area (Å²) >= 11 is 0. The van der Waals surface area contributed by atoms with Gasteiger partial charge in [-0.25, -0.2) is 8.42 Å². The lowest BCUT2D eigenvalue weighted by Crippen LogP contribution is -2.36. The zero-order valence-electron chi connectivity index (χ0n) is 22.2. The summed E-state index contributed by atoms with van der Waals surface area (Å²) in [5, 5.41) is 0. The lowest BCUT2D eigenvalue weighted by molar-refractivity contribution is -0.129. The van der Waals surface area contributed by atoms with Crippen LogP contribution in [-0.2, 0) is 27.7 Å². The van der Waals surface area contributed by atoms with E-state index in [4.69, 9.17) is 4.74 Å². The maximum atomic E-state index is 13.5. The van der Waals surface area contributed by atoms with Crippen molar-refractivity contribution in [3.05, 3.63) is 90.0 Å². The van der Waals surface area contributed by atoms with E-state index in [1.54, 1.807) is 17.0 Å². The molecule has 6 nitrogen and oxygen atoms in total. The number of rotatable bonds is 6. The SMILES string of the molecule is COc1ccc(S(=O)(=O)CC(=O)N2CCCCCCCCN(Cc3ccccc3)c3ccccc3C2)cc1. The molecule has 0 unspecified atom stereocenters. The van der Waals surface area contributed by atoms with E-state index >= 15 is 0 Å². The molecule has 0 spiro atoms. The Kier molecular flexibility index (Phi) is 9.82. The van der Waals surface area contributed by atoms with Crippen LogP contribution < -0.4 is 9.64 Å². The zero-order valence-corrected chi connectivity index (χ0v) is 23.0. The molecule has 0 saturated carbocycles. The molecule has 0 atom stereocenters. The van der Waals surface area contributed by atoms with Gasteiger partial charge in [-0.05, 0) is 54.3 Å². The number of carbonyl (C=O) groups excluding carboxylic acids is 1. The number of para-hydroxylation sites is 1. The van der Waals surface area contributed by atoms with Gasteiger partial charge in [-0.1, -0.05) is 74.2 Å². The number of fused-ring (bicyclic) bond motifs is 1. The Hall–Kier alpha value is -3.32. The Balaban J connectivity index is 1.59. The highest BCUT2D eigenvalue weighted by Gasteiger charge is 2.25. The third-order valence-electron chi connectivity index (χ3n) is 7.10. The van der Waals surface area contributed by atoms with E-state index in [1.807, 2.05) is 18.2 Å². The number of hydrogen-bond acceptors (Lipinski definition) is 5. The van der Waals surface area contributed by atoms with Crippen LogP contribution in [0.2, 0.25) is 0 Å². The first-order valence-corrected chi connectivity index (χ1v) is 15.1. The standard InChI is InChI=1S/C31H38N2O4S/c1-37-28-17-19-29(20-18-28)38(35,36)25-31(34)33-22-12-5-3-2-4-11-21-32(23-26-13-7-6-8-14-26)30-16-10-9-15-27(30)24-33/h6-10,13-20H,2-5,11-12,21-25H2,1H3. The molecule has 0 radical (unpaired) electrons. The molecule has 0 bridgehead atoms. The largest absolute Gasteiger partial charge is 0.497 e. The molecule has 0 saturated heterocycles. The number of sulfone groups is 1. The molecule has 38 heavy (non-hydrogen) atoms. The van der Waals surface area contributed by atoms with Crippen molar-refractivity contribution in [3.8, 4) is 5.75 Å². The lowest BCUT2D eigenvalue weighted by atomic mass is 10.1. The van der Waals surface area contributed by atoms with Gasteiger partial charge >= 0.3 is 0 Å². The Morgan fingerprint density at radius 2 is 1.42 bits per heavy atom. The van der Waals surface area contributed by atoms with Gasteiger partial charge in [-0.2, -0.15) is 0 Å². The highest BCUT2D eigenvalue weighted by atomic mass is 32.2. The second-order valence-electron chi connectivity index (χ2n) is 9.91. The molecule has 202 valence electrons. The molecule has 0 aliphatic carbocycles. The molecule has 1 aliphatic rings. The van der Waals surface area contributed by atoms with Gasteiger partial charge in [-0.3, -0.25) is 4.79 Å². The lowest BCUT2D eigenvalue weighted by Gasteiger charge is -2.30. The van der Waals surface area contributed by atoms with Crippen molar-refractivity contribution >= 4 is 21.4 Å². The fourth-order valence-electron chi connectivity index (χ4n) is 4.97. The third kappa shape index (κ3) is 7.60. The summed E-state index contributed by atoms with van der Waals surface area (Å²) < 4.78 is 31.4. The molecule has 3 aromatic rings. The first-order chi connectivity index (χ1) is 18.5. The molecule has 3 aromatic carbocycles. The first kappa shape index (κ1) is 27.7. The Morgan fingerprint density at radius 1 is 0.789 bits per heavy atom. The number of methoxy groups -OCH3 is 1. The number of nitrogens with zero attached hydrogens (tertiary/aromatic N) is 2. The topological polar surface area (TPSA) is 66.9 Å². The van der Waals surface area contributed by atoms with Crippen molar-refractivity contribution in [2.24, 2.45) is 0 Å². The Morgan fingerprint density at radius 3 is 2.13 bits per heavy atom. The minimum atomic E-state index is -3.78. The van der Waals surface area contributed by atoms with E-state index in [1.165, 1.54) is 37.6 Å². The fourth-order valence-corrected chi connectivity index (χ4v) is 6.20. The van der Waals surface area contributed by atoms with E-state index in [0.717, 1.165) is 50.0 Å². The molecule has 1 heterocycles. The molecule has 0 N–H and O–H groups in total. The van der Waals surface area contributed by atoms with Crippen molar-refractivity contribution in [2.45, 2.75) is 56.5 Å². The van der Waals surface area contributed by atoms with Crippen molar-refractivity contribution < 1.29 is 17.9 Å². The van der Waals surface area contributed by atoms with Gasteiger partial charge < -0.3 is 14.5 Å². The number of anilines is 1. The van der Waals surface area contributed by atoms with Crippen LogP contribution in [0, 0.1) is 0 Å². The van der Waals surface area contributed by atoms with Crippen LogP contribution in [0.15, 0.2) is 83.8 Å². The van der Waals surface area contributed by atoms with Crippen LogP contribution in [0.1, 0.15) is 49.7 Å². The second-order valence-corrected chi connectivity index (χ2v) is 11.9. The van der Waals surface area contributed by atoms with Gasteiger partial charge in [0.25, 0.3) is 0 Å². The van der Waals surface area contributed by atoms with Crippen molar-refractivity contribution in [1.29, 1.82) is 0 Å². The average Bonchev–Trinajstić information content (AvgIpc) is 2.95. The van der Waals surface area contributed by atoms with Gasteiger partial charge in [0.05, 0.1) is 12.0 Å². The molecule has 7 heteroatoms. The third-order valence-corrected chi connectivity index (χ3v) is 8.72. The number of amides is 1. The van der Waals surface area contributed by atoms with Crippen molar-refractivity contribution in [3.63, 3.8) is 0 Å². The maximum Gasteiger partial charge on any atom is 0.238 e. The van der Waals surface area contributed by atoms with E-state index in [2.05, 4.69) is 41.3 Å². The van der Waals surface area contributed by atoms with Crippen LogP contribution in [-0.4, -0.2) is 45.2 Å². The second kappa shape index (κ2) is 13.5. The summed E-state index contributed by atoms with van der Waals surface area (Å²) in [5.41, 5.74) is 3.38. The van der Waals surface area contributed by atoms with E-state index in [9.17, 15) is 13.2 Å². The Bertz CT molecular complexity index is 1280. The Labute approximate surface area is 227 Å². The average molecular weight is 535 g/mol. The van der Waals surface area contributed by atoms with E-state index < -0.39 is 15.6 Å². The minimum Gasteiger partial charge on any atom is -0.497 e. The summed E-state index contributed by atoms with van der Waals surface area (Å²) in [7, 11) is -2.24. The molecule has 4 rings (SSSR count). The summed E-state index contributed by atoms with van der Waals surface area (Å²) in [5.74, 6) is -0.332. The van der Waals surface area contributed by atoms with Gasteiger partial charge in [0, 0.05) is 31.9 Å². The van der Waals surface area contributed by atoms with Crippen LogP contribution in [0.25, 0.3) is 0 Å². The van der Waals surface area contributed by atoms with Gasteiger partial charge in [0.1, 0.15) is 11.5 Å². The molecular weight excluding hydrogens is 496 g/mol. The highest BCUT2D eigenvalue weighted by Crippen LogP contribution is 2.26. The zero-order chi connectivity index (χ0) is 26.8. The smallest absolute Gasteiger partial charge is 0.238 e. The van der Waals surface area contributed by atoms with Crippen LogP contribution in [0.4, 0.5) is 5.69 Å². The number of ether oxygens (including phenoxy) is 1. The summed E-state index contributed by atoms with van der Waals surface area (Å²) in [6.07, 6.45) is 6.48. The molecule has 0 fully saturated rings. The predicted molar refractivity (Wildman–Crippen MR) is 152 cm³/mol. The normalized spacial score (nSPS) is 15.5. The first-order valence-electron chi connectivity index (χ1n) is 13.5. The van der Waals surface area contributed by atoms with Gasteiger partial charge in [0.15, 0.2) is 9.84 Å². The quantitative estimate of drug-likeness (QED) is 0.396. The highest BCUT2D eigenvalue weighted by molar-refractivity contribution is 7.92. The minimum absolute atomic E-state index is 0.131. The molecule has 0 aromatic heterocycles.